The molecule has 2 rings (SSSR count). The molecule has 2 unspecified atom stereocenters. The molecule has 0 radical (unpaired) electrons. The average molecular weight is 314 g/mol. The number of nitrogens with two attached hydrogens (primary N) is 1. The highest BCUT2D eigenvalue weighted by atomic mass is 32.2. The van der Waals surface area contributed by atoms with E-state index in [9.17, 15) is 13.5 Å². The number of hydrogen-bond donors (Lipinski definition) is 2. The Morgan fingerprint density at radius 3 is 2.81 bits per heavy atom. The molecule has 7 heteroatoms. The third-order valence-electron chi connectivity index (χ3n) is 3.89. The minimum Gasteiger partial charge on any atom is -0.490 e. The Balaban J connectivity index is 1.94. The SMILES string of the molecule is CC1CCN(S(=O)(=O)CCOc2ccccc2N)C1CO. The number of nitrogens with zero attached hydrogens (tertiary/aromatic N) is 1. The maximum absolute atomic E-state index is 12.3. The molecule has 1 aromatic rings. The Labute approximate surface area is 125 Å². The van der Waals surface area contributed by atoms with E-state index in [0.717, 1.165) is 6.42 Å². The molecule has 6 nitrogen and oxygen atoms in total. The van der Waals surface area contributed by atoms with Gasteiger partial charge in [-0.1, -0.05) is 19.1 Å². The number of aliphatic hydroxyl groups excluding tert-OH is 1. The topological polar surface area (TPSA) is 92.9 Å². The van der Waals surface area contributed by atoms with E-state index < -0.39 is 10.0 Å². The fraction of sp³-hybridized carbons (Fsp3) is 0.571. The highest BCUT2D eigenvalue weighted by molar-refractivity contribution is 7.89. The van der Waals surface area contributed by atoms with Gasteiger partial charge in [0.05, 0.1) is 24.1 Å². The molecule has 0 aliphatic carbocycles. The molecule has 21 heavy (non-hydrogen) atoms. The number of ether oxygens (including phenoxy) is 1. The third kappa shape index (κ3) is 3.66. The summed E-state index contributed by atoms with van der Waals surface area (Å²) in [6.45, 7) is 2.31. The molecule has 1 saturated heterocycles. The van der Waals surface area contributed by atoms with Crippen LogP contribution in [-0.2, 0) is 10.0 Å². The predicted octanol–water partition coefficient (Wildman–Crippen LogP) is 0.680. The van der Waals surface area contributed by atoms with Crippen LogP contribution in [0.25, 0.3) is 0 Å². The van der Waals surface area contributed by atoms with E-state index in [4.69, 9.17) is 10.5 Å². The van der Waals surface area contributed by atoms with Gasteiger partial charge < -0.3 is 15.6 Å². The smallest absolute Gasteiger partial charge is 0.217 e. The van der Waals surface area contributed by atoms with Crippen molar-refractivity contribution in [2.24, 2.45) is 5.92 Å². The zero-order valence-electron chi connectivity index (χ0n) is 12.1. The first-order chi connectivity index (χ1) is 9.95. The van der Waals surface area contributed by atoms with Crippen molar-refractivity contribution < 1.29 is 18.3 Å². The summed E-state index contributed by atoms with van der Waals surface area (Å²) >= 11 is 0. The molecule has 0 amide bonds. The van der Waals surface area contributed by atoms with Crippen LogP contribution in [0.5, 0.6) is 5.75 Å². The lowest BCUT2D eigenvalue weighted by Gasteiger charge is -2.24. The maximum atomic E-state index is 12.3. The highest BCUT2D eigenvalue weighted by Gasteiger charge is 2.38. The van der Waals surface area contributed by atoms with Crippen LogP contribution in [0, 0.1) is 5.92 Å². The molecule has 1 aliphatic rings. The Hall–Kier alpha value is -1.31. The van der Waals surface area contributed by atoms with Crippen LogP contribution in [0.1, 0.15) is 13.3 Å². The summed E-state index contributed by atoms with van der Waals surface area (Å²) in [5.74, 6) is 0.543. The number of rotatable bonds is 6. The van der Waals surface area contributed by atoms with Crippen LogP contribution in [-0.4, -0.2) is 49.4 Å². The molecule has 0 spiro atoms. The summed E-state index contributed by atoms with van der Waals surface area (Å²) < 4.78 is 31.5. The van der Waals surface area contributed by atoms with Crippen molar-refractivity contribution in [3.63, 3.8) is 0 Å². The fourth-order valence-electron chi connectivity index (χ4n) is 2.58. The Morgan fingerprint density at radius 1 is 1.43 bits per heavy atom. The van der Waals surface area contributed by atoms with Gasteiger partial charge in [0.2, 0.25) is 10.0 Å². The highest BCUT2D eigenvalue weighted by Crippen LogP contribution is 2.26. The van der Waals surface area contributed by atoms with Gasteiger partial charge in [-0.05, 0) is 24.5 Å². The molecule has 118 valence electrons. The van der Waals surface area contributed by atoms with Crippen molar-refractivity contribution in [1.82, 2.24) is 4.31 Å². The van der Waals surface area contributed by atoms with E-state index in [1.54, 1.807) is 24.3 Å². The van der Waals surface area contributed by atoms with Crippen LogP contribution in [0.3, 0.4) is 0 Å². The number of hydrogen-bond acceptors (Lipinski definition) is 5. The number of para-hydroxylation sites is 2. The fourth-order valence-corrected chi connectivity index (χ4v) is 4.17. The molecule has 3 N–H and O–H groups in total. The van der Waals surface area contributed by atoms with E-state index in [0.29, 0.717) is 18.0 Å². The van der Waals surface area contributed by atoms with E-state index in [2.05, 4.69) is 0 Å². The van der Waals surface area contributed by atoms with Crippen molar-refractivity contribution in [2.75, 3.05) is 31.2 Å². The minimum absolute atomic E-state index is 0.0412. The van der Waals surface area contributed by atoms with Crippen molar-refractivity contribution in [3.05, 3.63) is 24.3 Å². The second-order valence-electron chi connectivity index (χ2n) is 5.33. The zero-order chi connectivity index (χ0) is 15.5. The number of benzene rings is 1. The standard InChI is InChI=1S/C14H22N2O4S/c1-11-6-7-16(13(11)10-17)21(18,19)9-8-20-14-5-3-2-4-12(14)15/h2-5,11,13,17H,6-10,15H2,1H3. The largest absolute Gasteiger partial charge is 0.490 e. The van der Waals surface area contributed by atoms with Gasteiger partial charge in [0, 0.05) is 6.54 Å². The Bertz CT molecular complexity index is 576. The minimum atomic E-state index is -3.43. The lowest BCUT2D eigenvalue weighted by Crippen LogP contribution is -2.41. The first-order valence-corrected chi connectivity index (χ1v) is 8.64. The Morgan fingerprint density at radius 2 is 2.14 bits per heavy atom. The second kappa shape index (κ2) is 6.64. The van der Waals surface area contributed by atoms with Crippen molar-refractivity contribution >= 4 is 15.7 Å². The average Bonchev–Trinajstić information content (AvgIpc) is 2.82. The van der Waals surface area contributed by atoms with Crippen LogP contribution in [0.15, 0.2) is 24.3 Å². The number of anilines is 1. The van der Waals surface area contributed by atoms with Gasteiger partial charge in [0.25, 0.3) is 0 Å². The van der Waals surface area contributed by atoms with E-state index in [-0.39, 0.29) is 30.9 Å². The van der Waals surface area contributed by atoms with E-state index in [1.807, 2.05) is 6.92 Å². The number of sulfonamides is 1. The molecule has 0 aromatic heterocycles. The zero-order valence-corrected chi connectivity index (χ0v) is 12.9. The van der Waals surface area contributed by atoms with Gasteiger partial charge in [-0.25, -0.2) is 8.42 Å². The summed E-state index contributed by atoms with van der Waals surface area (Å²) in [6.07, 6.45) is 0.775. The van der Waals surface area contributed by atoms with Crippen molar-refractivity contribution in [1.29, 1.82) is 0 Å². The van der Waals surface area contributed by atoms with Gasteiger partial charge in [-0.2, -0.15) is 4.31 Å². The lowest BCUT2D eigenvalue weighted by molar-refractivity contribution is 0.190. The molecular formula is C14H22N2O4S. The maximum Gasteiger partial charge on any atom is 0.217 e. The van der Waals surface area contributed by atoms with Crippen LogP contribution in [0.2, 0.25) is 0 Å². The number of aliphatic hydroxyl groups is 1. The van der Waals surface area contributed by atoms with Gasteiger partial charge in [0.15, 0.2) is 0 Å². The van der Waals surface area contributed by atoms with Gasteiger partial charge >= 0.3 is 0 Å². The first kappa shape index (κ1) is 16.1. The molecule has 1 aromatic carbocycles. The van der Waals surface area contributed by atoms with E-state index >= 15 is 0 Å². The monoisotopic (exact) mass is 314 g/mol. The van der Waals surface area contributed by atoms with Crippen LogP contribution in [0.4, 0.5) is 5.69 Å². The third-order valence-corrected chi connectivity index (χ3v) is 5.74. The molecular weight excluding hydrogens is 292 g/mol. The van der Waals surface area contributed by atoms with Crippen LogP contribution < -0.4 is 10.5 Å². The quantitative estimate of drug-likeness (QED) is 0.753. The van der Waals surface area contributed by atoms with Gasteiger partial charge in [-0.15, -0.1) is 0 Å². The summed E-state index contributed by atoms with van der Waals surface area (Å²) in [5, 5.41) is 9.36. The summed E-state index contributed by atoms with van der Waals surface area (Å²) in [4.78, 5) is 0. The molecule has 0 bridgehead atoms. The van der Waals surface area contributed by atoms with Gasteiger partial charge in [-0.3, -0.25) is 0 Å². The summed E-state index contributed by atoms with van der Waals surface area (Å²) in [5.41, 5.74) is 6.22. The lowest BCUT2D eigenvalue weighted by atomic mass is 10.0. The van der Waals surface area contributed by atoms with Crippen molar-refractivity contribution in [2.45, 2.75) is 19.4 Å². The molecule has 2 atom stereocenters. The molecule has 1 heterocycles. The summed E-state index contributed by atoms with van der Waals surface area (Å²) in [7, 11) is -3.43. The normalized spacial score (nSPS) is 23.3. The molecule has 1 aliphatic heterocycles. The molecule has 1 fully saturated rings. The summed E-state index contributed by atoms with van der Waals surface area (Å²) in [6, 6.07) is 6.65. The molecule has 0 saturated carbocycles. The van der Waals surface area contributed by atoms with Crippen molar-refractivity contribution in [3.8, 4) is 5.75 Å². The van der Waals surface area contributed by atoms with E-state index in [1.165, 1.54) is 4.31 Å². The predicted molar refractivity (Wildman–Crippen MR) is 81.5 cm³/mol. The Kier molecular flexibility index (Phi) is 5.08. The first-order valence-electron chi connectivity index (χ1n) is 7.03. The van der Waals surface area contributed by atoms with Gasteiger partial charge in [0.1, 0.15) is 12.4 Å². The second-order valence-corrected chi connectivity index (χ2v) is 7.37. The number of nitrogen functional groups attached to an aromatic ring is 1. The van der Waals surface area contributed by atoms with Crippen LogP contribution >= 0.6 is 0 Å².